The molecule has 0 amide bonds. The number of rotatable bonds is 4. The van der Waals surface area contributed by atoms with Gasteiger partial charge in [-0.1, -0.05) is 15.9 Å². The first-order valence-electron chi connectivity index (χ1n) is 5.77. The largest absolute Gasteiger partial charge is 0.296 e. The Morgan fingerprint density at radius 3 is 2.33 bits per heavy atom. The van der Waals surface area contributed by atoms with E-state index in [0.29, 0.717) is 13.1 Å². The highest BCUT2D eigenvalue weighted by Crippen LogP contribution is 2.12. The van der Waals surface area contributed by atoms with Gasteiger partial charge in [-0.2, -0.15) is 4.31 Å². The van der Waals surface area contributed by atoms with Crippen molar-refractivity contribution in [3.05, 3.63) is 30.1 Å². The van der Waals surface area contributed by atoms with Gasteiger partial charge in [0, 0.05) is 45.1 Å². The molecule has 1 fully saturated rings. The minimum atomic E-state index is -3.10. The lowest BCUT2D eigenvalue weighted by atomic mass is 10.2. The van der Waals surface area contributed by atoms with Crippen molar-refractivity contribution in [3.8, 4) is 0 Å². The van der Waals surface area contributed by atoms with Crippen molar-refractivity contribution in [1.82, 2.24) is 14.2 Å². The second kappa shape index (κ2) is 6.10. The summed E-state index contributed by atoms with van der Waals surface area (Å²) in [6.07, 6.45) is 3.56. The standard InChI is InChI=1S/C11H16BrN3O2S/c12-10-18(16,17)15-7-5-14(6-8-15)9-11-1-3-13-4-2-11/h1-4H,5-10H2. The zero-order valence-corrected chi connectivity index (χ0v) is 12.4. The molecule has 7 heteroatoms. The normalized spacial score (nSPS) is 18.9. The summed E-state index contributed by atoms with van der Waals surface area (Å²) in [4.78, 5) is 6.24. The Morgan fingerprint density at radius 2 is 1.78 bits per heavy atom. The second-order valence-electron chi connectivity index (χ2n) is 4.25. The molecule has 2 rings (SSSR count). The Kier molecular flexibility index (Phi) is 4.71. The van der Waals surface area contributed by atoms with Crippen LogP contribution in [0.1, 0.15) is 5.56 Å². The summed E-state index contributed by atoms with van der Waals surface area (Å²) >= 11 is 3.03. The molecule has 0 unspecified atom stereocenters. The molecule has 5 nitrogen and oxygen atoms in total. The van der Waals surface area contributed by atoms with E-state index in [2.05, 4.69) is 25.8 Å². The molecule has 2 heterocycles. The van der Waals surface area contributed by atoms with Crippen LogP contribution in [0.2, 0.25) is 0 Å². The molecule has 0 aliphatic carbocycles. The van der Waals surface area contributed by atoms with E-state index in [1.807, 2.05) is 12.1 Å². The number of piperazine rings is 1. The summed E-state index contributed by atoms with van der Waals surface area (Å²) in [6, 6.07) is 3.98. The van der Waals surface area contributed by atoms with Gasteiger partial charge in [0.05, 0.1) is 0 Å². The van der Waals surface area contributed by atoms with Crippen LogP contribution in [0, 0.1) is 0 Å². The molecule has 0 radical (unpaired) electrons. The fourth-order valence-electron chi connectivity index (χ4n) is 1.98. The van der Waals surface area contributed by atoms with Crippen LogP contribution in [0.5, 0.6) is 0 Å². The lowest BCUT2D eigenvalue weighted by Gasteiger charge is -2.33. The van der Waals surface area contributed by atoms with Crippen LogP contribution in [-0.2, 0) is 16.6 Å². The molecule has 0 bridgehead atoms. The number of nitrogens with zero attached hydrogens (tertiary/aromatic N) is 3. The van der Waals surface area contributed by atoms with Gasteiger partial charge < -0.3 is 0 Å². The molecule has 0 aromatic carbocycles. The third-order valence-corrected chi connectivity index (χ3v) is 6.18. The molecular weight excluding hydrogens is 318 g/mol. The van der Waals surface area contributed by atoms with Crippen LogP contribution in [0.3, 0.4) is 0 Å². The van der Waals surface area contributed by atoms with E-state index < -0.39 is 10.0 Å². The quantitative estimate of drug-likeness (QED) is 0.767. The van der Waals surface area contributed by atoms with Crippen molar-refractivity contribution in [2.75, 3.05) is 30.8 Å². The van der Waals surface area contributed by atoms with E-state index in [9.17, 15) is 8.42 Å². The third kappa shape index (κ3) is 3.50. The molecule has 1 aliphatic rings. The van der Waals surface area contributed by atoms with Crippen LogP contribution in [0.15, 0.2) is 24.5 Å². The molecule has 1 aliphatic heterocycles. The monoisotopic (exact) mass is 333 g/mol. The first-order chi connectivity index (χ1) is 8.62. The zero-order valence-electron chi connectivity index (χ0n) is 10.00. The van der Waals surface area contributed by atoms with Gasteiger partial charge >= 0.3 is 0 Å². The topological polar surface area (TPSA) is 53.5 Å². The summed E-state index contributed by atoms with van der Waals surface area (Å²) in [5.41, 5.74) is 1.21. The molecule has 100 valence electrons. The Balaban J connectivity index is 1.88. The Labute approximate surface area is 116 Å². The summed E-state index contributed by atoms with van der Waals surface area (Å²) in [6.45, 7) is 3.53. The van der Waals surface area contributed by atoms with Gasteiger partial charge in [-0.15, -0.1) is 0 Å². The van der Waals surface area contributed by atoms with Gasteiger partial charge in [-0.3, -0.25) is 9.88 Å². The lowest BCUT2D eigenvalue weighted by molar-refractivity contribution is 0.182. The number of hydrogen-bond donors (Lipinski definition) is 0. The maximum atomic E-state index is 11.7. The van der Waals surface area contributed by atoms with Gasteiger partial charge in [0.15, 0.2) is 0 Å². The van der Waals surface area contributed by atoms with E-state index >= 15 is 0 Å². The lowest BCUT2D eigenvalue weighted by Crippen LogP contribution is -2.48. The summed E-state index contributed by atoms with van der Waals surface area (Å²) in [5, 5.41) is 0. The SMILES string of the molecule is O=S(=O)(CBr)N1CCN(Cc2ccncc2)CC1. The fourth-order valence-corrected chi connectivity index (χ4v) is 3.71. The Morgan fingerprint density at radius 1 is 1.17 bits per heavy atom. The number of pyridine rings is 1. The van der Waals surface area contributed by atoms with Gasteiger partial charge in [-0.05, 0) is 17.7 Å². The highest BCUT2D eigenvalue weighted by molar-refractivity contribution is 9.10. The number of alkyl halides is 1. The molecule has 0 atom stereocenters. The Hall–Kier alpha value is -0.500. The van der Waals surface area contributed by atoms with E-state index in [-0.39, 0.29) is 4.66 Å². The zero-order chi connectivity index (χ0) is 13.0. The van der Waals surface area contributed by atoms with E-state index in [1.54, 1.807) is 16.7 Å². The fraction of sp³-hybridized carbons (Fsp3) is 0.545. The van der Waals surface area contributed by atoms with Crippen LogP contribution in [0.4, 0.5) is 0 Å². The summed E-state index contributed by atoms with van der Waals surface area (Å²) in [7, 11) is -3.10. The number of aromatic nitrogens is 1. The van der Waals surface area contributed by atoms with E-state index in [0.717, 1.165) is 19.6 Å². The van der Waals surface area contributed by atoms with Crippen LogP contribution < -0.4 is 0 Å². The molecule has 1 saturated heterocycles. The Bertz CT molecular complexity index is 472. The number of hydrogen-bond acceptors (Lipinski definition) is 4. The first-order valence-corrected chi connectivity index (χ1v) is 8.50. The molecule has 0 spiro atoms. The third-order valence-electron chi connectivity index (χ3n) is 3.02. The van der Waals surface area contributed by atoms with Gasteiger partial charge in [-0.25, -0.2) is 8.42 Å². The van der Waals surface area contributed by atoms with Crippen molar-refractivity contribution >= 4 is 26.0 Å². The second-order valence-corrected chi connectivity index (χ2v) is 7.52. The molecule has 0 saturated carbocycles. The average Bonchev–Trinajstić information content (AvgIpc) is 2.40. The highest BCUT2D eigenvalue weighted by atomic mass is 79.9. The molecule has 1 aromatic heterocycles. The van der Waals surface area contributed by atoms with E-state index in [4.69, 9.17) is 0 Å². The maximum Gasteiger partial charge on any atom is 0.224 e. The smallest absolute Gasteiger partial charge is 0.224 e. The van der Waals surface area contributed by atoms with Gasteiger partial charge in [0.1, 0.15) is 4.66 Å². The highest BCUT2D eigenvalue weighted by Gasteiger charge is 2.25. The first kappa shape index (κ1) is 13.9. The minimum Gasteiger partial charge on any atom is -0.296 e. The van der Waals surface area contributed by atoms with Crippen molar-refractivity contribution in [1.29, 1.82) is 0 Å². The summed E-state index contributed by atoms with van der Waals surface area (Å²) < 4.78 is 24.9. The van der Waals surface area contributed by atoms with Gasteiger partial charge in [0.25, 0.3) is 0 Å². The van der Waals surface area contributed by atoms with E-state index in [1.165, 1.54) is 5.56 Å². The predicted molar refractivity (Wildman–Crippen MR) is 73.8 cm³/mol. The molecular formula is C11H16BrN3O2S. The van der Waals surface area contributed by atoms with Gasteiger partial charge in [0.2, 0.25) is 10.0 Å². The average molecular weight is 334 g/mol. The van der Waals surface area contributed by atoms with Crippen LogP contribution in [0.25, 0.3) is 0 Å². The maximum absolute atomic E-state index is 11.7. The van der Waals surface area contributed by atoms with Crippen molar-refractivity contribution in [2.45, 2.75) is 6.54 Å². The predicted octanol–water partition coefficient (Wildman–Crippen LogP) is 0.881. The van der Waals surface area contributed by atoms with Crippen LogP contribution >= 0.6 is 15.9 Å². The number of halogens is 1. The summed E-state index contributed by atoms with van der Waals surface area (Å²) in [5.74, 6) is 0. The molecule has 0 N–H and O–H groups in total. The molecule has 18 heavy (non-hydrogen) atoms. The van der Waals surface area contributed by atoms with Crippen molar-refractivity contribution < 1.29 is 8.42 Å². The van der Waals surface area contributed by atoms with Crippen molar-refractivity contribution in [3.63, 3.8) is 0 Å². The van der Waals surface area contributed by atoms with Crippen LogP contribution in [-0.4, -0.2) is 53.4 Å². The molecule has 1 aromatic rings. The number of sulfonamides is 1. The van der Waals surface area contributed by atoms with Crippen molar-refractivity contribution in [2.24, 2.45) is 0 Å². The minimum absolute atomic E-state index is 0.00432.